The summed E-state index contributed by atoms with van der Waals surface area (Å²) in [6, 6.07) is 49.3. The smallest absolute Gasteiger partial charge is 0.336 e. The molecule has 442 valence electrons. The molecular weight excluding hydrogens is 1030 g/mol. The molecule has 0 bridgehead atoms. The van der Waals surface area contributed by atoms with Crippen molar-refractivity contribution in [1.82, 2.24) is 19.9 Å². The number of nitrogens with zero attached hydrogens (tertiary/aromatic N) is 4. The summed E-state index contributed by atoms with van der Waals surface area (Å²) in [5.74, 6) is -2.46. The van der Waals surface area contributed by atoms with Crippen LogP contribution in [0, 0.1) is 0 Å². The molecule has 0 fully saturated rings. The van der Waals surface area contributed by atoms with Gasteiger partial charge in [0.2, 0.25) is 0 Å². The summed E-state index contributed by atoms with van der Waals surface area (Å²) >= 11 is 0. The van der Waals surface area contributed by atoms with Crippen LogP contribution in [-0.2, 0) is 25.7 Å². The van der Waals surface area contributed by atoms with E-state index in [-0.39, 0.29) is 11.1 Å². The third-order valence-corrected chi connectivity index (χ3v) is 16.3. The van der Waals surface area contributed by atoms with Crippen LogP contribution in [0.5, 0.6) is 0 Å². The molecule has 0 atom stereocenters. The van der Waals surface area contributed by atoms with Crippen LogP contribution in [0.15, 0.2) is 146 Å². The summed E-state index contributed by atoms with van der Waals surface area (Å²) in [6.07, 6.45) is 36.1. The van der Waals surface area contributed by atoms with E-state index in [1.165, 1.54) is 222 Å². The normalized spacial score (nSPS) is 11.2. The number of hydrogen-bond donors (Lipinski definition) is 2. The van der Waals surface area contributed by atoms with Gasteiger partial charge in [-0.05, 0) is 134 Å². The summed E-state index contributed by atoms with van der Waals surface area (Å²) in [7, 11) is 0. The number of hydrogen-bond acceptors (Lipinski definition) is 6. The molecule has 9 rings (SSSR count). The van der Waals surface area contributed by atoms with E-state index in [1.54, 1.807) is 0 Å². The number of aromatic nitrogens is 4. The molecule has 0 spiro atoms. The number of para-hydroxylation sites is 4. The van der Waals surface area contributed by atoms with Crippen LogP contribution in [0.2, 0.25) is 0 Å². The third kappa shape index (κ3) is 19.6. The molecule has 0 aliphatic heterocycles. The highest BCUT2D eigenvalue weighted by Gasteiger charge is 2.16. The number of rotatable bonds is 32. The monoisotopic (exact) mass is 1130 g/mol. The lowest BCUT2D eigenvalue weighted by Crippen LogP contribution is -2.06. The fraction of sp³-hybridized carbons (Fsp3) is 0.421. The summed E-state index contributed by atoms with van der Waals surface area (Å²) in [5.41, 5.74) is 13.7. The van der Waals surface area contributed by atoms with E-state index in [9.17, 15) is 9.59 Å². The molecule has 2 N–H and O–H groups in total. The maximum atomic E-state index is 10.5. The standard InChI is InChI=1S/2C34H44N2.C8H6O4/c2*1-3-5-7-9-11-13-19-27-25-33(35-31-23-17-15-21-29(27)31)34-26-28(20-14-12-10-8-6-4-2)30-22-16-18-24-32(30)36-34;9-7(10)5-3-1-2-4-6(5)8(11)12/h2*15-18,21-26H,3-14,19-20H2,1-2H3;1-4H,(H,9,10)(H,11,12). The average Bonchev–Trinajstić information content (AvgIpc) is 1.85. The zero-order valence-corrected chi connectivity index (χ0v) is 51.2. The van der Waals surface area contributed by atoms with E-state index in [4.69, 9.17) is 30.1 Å². The van der Waals surface area contributed by atoms with Crippen molar-refractivity contribution >= 4 is 55.6 Å². The molecule has 0 saturated carbocycles. The highest BCUT2D eigenvalue weighted by atomic mass is 16.4. The van der Waals surface area contributed by atoms with E-state index in [0.717, 1.165) is 70.5 Å². The van der Waals surface area contributed by atoms with Gasteiger partial charge in [0.05, 0.1) is 56.0 Å². The number of carboxylic acids is 2. The second kappa shape index (κ2) is 35.7. The molecule has 0 aliphatic rings. The van der Waals surface area contributed by atoms with Crippen molar-refractivity contribution in [2.75, 3.05) is 0 Å². The Morgan fingerprint density at radius 2 is 0.488 bits per heavy atom. The van der Waals surface area contributed by atoms with Gasteiger partial charge in [0.25, 0.3) is 0 Å². The van der Waals surface area contributed by atoms with Gasteiger partial charge in [0, 0.05) is 21.5 Å². The number of carbonyl (C=O) groups is 2. The number of aromatic carboxylic acids is 2. The van der Waals surface area contributed by atoms with E-state index >= 15 is 0 Å². The average molecular weight is 1130 g/mol. The fourth-order valence-electron chi connectivity index (χ4n) is 11.6. The molecule has 4 aromatic heterocycles. The zero-order chi connectivity index (χ0) is 59.1. The molecular formula is C76H94N4O4. The molecule has 84 heavy (non-hydrogen) atoms. The van der Waals surface area contributed by atoms with Crippen LogP contribution in [0.3, 0.4) is 0 Å². The number of fused-ring (bicyclic) bond motifs is 4. The third-order valence-electron chi connectivity index (χ3n) is 16.3. The summed E-state index contributed by atoms with van der Waals surface area (Å²) in [4.78, 5) is 41.3. The molecule has 5 aromatic carbocycles. The van der Waals surface area contributed by atoms with E-state index in [1.807, 2.05) is 0 Å². The van der Waals surface area contributed by atoms with Crippen LogP contribution < -0.4 is 0 Å². The van der Waals surface area contributed by atoms with Gasteiger partial charge in [-0.1, -0.05) is 241 Å². The van der Waals surface area contributed by atoms with Crippen LogP contribution in [0.25, 0.3) is 66.4 Å². The predicted octanol–water partition coefficient (Wildman–Crippen LogP) is 21.6. The van der Waals surface area contributed by atoms with Gasteiger partial charge in [-0.15, -0.1) is 0 Å². The first-order chi connectivity index (χ1) is 41.2. The van der Waals surface area contributed by atoms with Gasteiger partial charge in [0.1, 0.15) is 0 Å². The second-order valence-electron chi connectivity index (χ2n) is 23.0. The number of benzene rings is 5. The number of unbranched alkanes of at least 4 members (excludes halogenated alkanes) is 20. The van der Waals surface area contributed by atoms with Gasteiger partial charge in [-0.2, -0.15) is 0 Å². The number of pyridine rings is 4. The Kier molecular flexibility index (Phi) is 27.3. The Labute approximate surface area is 502 Å². The first-order valence-electron chi connectivity index (χ1n) is 32.3. The van der Waals surface area contributed by atoms with Gasteiger partial charge >= 0.3 is 11.9 Å². The first kappa shape index (κ1) is 64.2. The van der Waals surface area contributed by atoms with Crippen LogP contribution in [0.1, 0.15) is 225 Å². The van der Waals surface area contributed by atoms with Crippen molar-refractivity contribution in [1.29, 1.82) is 0 Å². The van der Waals surface area contributed by atoms with E-state index in [2.05, 4.69) is 149 Å². The highest BCUT2D eigenvalue weighted by molar-refractivity contribution is 6.01. The molecule has 0 unspecified atom stereocenters. The molecule has 0 amide bonds. The Bertz CT molecular complexity index is 3040. The van der Waals surface area contributed by atoms with Crippen molar-refractivity contribution in [2.24, 2.45) is 0 Å². The molecule has 9 aromatic rings. The van der Waals surface area contributed by atoms with Crippen LogP contribution in [0.4, 0.5) is 0 Å². The Hall–Kier alpha value is -7.32. The van der Waals surface area contributed by atoms with Crippen molar-refractivity contribution in [3.63, 3.8) is 0 Å². The minimum Gasteiger partial charge on any atom is -0.478 e. The quantitative estimate of drug-likeness (QED) is 0.0399. The molecule has 8 heteroatoms. The second-order valence-corrected chi connectivity index (χ2v) is 23.0. The molecule has 0 aliphatic carbocycles. The largest absolute Gasteiger partial charge is 0.478 e. The molecule has 8 nitrogen and oxygen atoms in total. The minimum atomic E-state index is -1.23. The fourth-order valence-corrected chi connectivity index (χ4v) is 11.6. The minimum absolute atomic E-state index is 0.190. The lowest BCUT2D eigenvalue weighted by atomic mass is 9.98. The summed E-state index contributed by atoms with van der Waals surface area (Å²) < 4.78 is 0. The Morgan fingerprint density at radius 1 is 0.286 bits per heavy atom. The van der Waals surface area contributed by atoms with Crippen molar-refractivity contribution in [2.45, 2.75) is 207 Å². The van der Waals surface area contributed by atoms with Crippen molar-refractivity contribution in [3.8, 4) is 22.8 Å². The van der Waals surface area contributed by atoms with Gasteiger partial charge in [-0.25, -0.2) is 29.5 Å². The topological polar surface area (TPSA) is 126 Å². The first-order valence-corrected chi connectivity index (χ1v) is 32.3. The summed E-state index contributed by atoms with van der Waals surface area (Å²) in [5, 5.41) is 22.3. The molecule has 4 heterocycles. The summed E-state index contributed by atoms with van der Waals surface area (Å²) in [6.45, 7) is 9.13. The zero-order valence-electron chi connectivity index (χ0n) is 51.2. The van der Waals surface area contributed by atoms with Gasteiger partial charge in [0.15, 0.2) is 0 Å². The highest BCUT2D eigenvalue weighted by Crippen LogP contribution is 2.32. The van der Waals surface area contributed by atoms with Crippen molar-refractivity contribution < 1.29 is 19.8 Å². The number of carboxylic acid groups (broad SMARTS) is 2. The lowest BCUT2D eigenvalue weighted by Gasteiger charge is -2.13. The van der Waals surface area contributed by atoms with E-state index < -0.39 is 11.9 Å². The van der Waals surface area contributed by atoms with Gasteiger partial charge < -0.3 is 10.2 Å². The molecule has 0 saturated heterocycles. The van der Waals surface area contributed by atoms with E-state index in [0.29, 0.717) is 0 Å². The molecule has 0 radical (unpaired) electrons. The SMILES string of the molecule is CCCCCCCCc1cc(-c2cc(CCCCCCCC)c3ccccc3n2)nc2ccccc12.CCCCCCCCc1cc(-c2cc(CCCCCCCC)c3ccccc3n2)nc2ccccc12.O=C(O)c1ccccc1C(=O)O. The van der Waals surface area contributed by atoms with Crippen molar-refractivity contribution in [3.05, 3.63) is 179 Å². The predicted molar refractivity (Wildman–Crippen MR) is 354 cm³/mol. The van der Waals surface area contributed by atoms with Gasteiger partial charge in [-0.3, -0.25) is 0 Å². The Morgan fingerprint density at radius 3 is 0.714 bits per heavy atom. The van der Waals surface area contributed by atoms with Crippen LogP contribution >= 0.6 is 0 Å². The van der Waals surface area contributed by atoms with Crippen LogP contribution in [-0.4, -0.2) is 42.1 Å². The Balaban J connectivity index is 0.000000202. The maximum absolute atomic E-state index is 10.5. The maximum Gasteiger partial charge on any atom is 0.336 e. The number of aryl methyl sites for hydroxylation is 4. The lowest BCUT2D eigenvalue weighted by molar-refractivity contribution is 0.0651.